The lowest BCUT2D eigenvalue weighted by Gasteiger charge is -2.31. The molecular weight excluding hydrogens is 720 g/mol. The van der Waals surface area contributed by atoms with Gasteiger partial charge in [0, 0.05) is 38.9 Å². The van der Waals surface area contributed by atoms with Crippen LogP contribution >= 0.6 is 0 Å². The Bertz CT molecular complexity index is 3120. The van der Waals surface area contributed by atoms with E-state index in [1.54, 1.807) is 0 Å². The monoisotopic (exact) mass is 758 g/mol. The minimum atomic E-state index is -0.339. The summed E-state index contributed by atoms with van der Waals surface area (Å²) in [6.07, 6.45) is 0. The maximum atomic E-state index is 13.9. The van der Waals surface area contributed by atoms with Gasteiger partial charge in [0.15, 0.2) is 0 Å². The summed E-state index contributed by atoms with van der Waals surface area (Å²) in [6.45, 7) is 2.37. The van der Waals surface area contributed by atoms with E-state index in [1.807, 2.05) is 12.1 Å². The van der Waals surface area contributed by atoms with Crippen molar-refractivity contribution < 1.29 is 4.39 Å². The molecule has 2 nitrogen and oxygen atoms in total. The molecule has 0 radical (unpaired) electrons. The molecule has 0 unspecified atom stereocenters. The fourth-order valence-electron chi connectivity index (χ4n) is 9.42. The molecule has 0 fully saturated rings. The van der Waals surface area contributed by atoms with Gasteiger partial charge >= 0.3 is 0 Å². The average molecular weight is 759 g/mol. The summed E-state index contributed by atoms with van der Waals surface area (Å²) in [5.41, 5.74) is 17.1. The SMILES string of the molecule is CC1(c2cccc(N(c3ccc(-c4ccc(F)cc4)cc3)c3ccc4c(c3)c3ccccc3n4-c3ccc(-c4ccccc4)cc3)c2)c2ccccc2-c2ccccc21. The van der Waals surface area contributed by atoms with Gasteiger partial charge in [0.2, 0.25) is 0 Å². The Labute approximate surface area is 343 Å². The maximum Gasteiger partial charge on any atom is 0.123 e. The Morgan fingerprint density at radius 2 is 0.932 bits per heavy atom. The van der Waals surface area contributed by atoms with Gasteiger partial charge in [-0.05, 0) is 130 Å². The summed E-state index contributed by atoms with van der Waals surface area (Å²) in [6, 6.07) is 77.0. The van der Waals surface area contributed by atoms with E-state index in [9.17, 15) is 4.39 Å². The highest BCUT2D eigenvalue weighted by molar-refractivity contribution is 6.10. The van der Waals surface area contributed by atoms with Gasteiger partial charge in [0.05, 0.1) is 11.0 Å². The molecule has 0 spiro atoms. The van der Waals surface area contributed by atoms with Crippen molar-refractivity contribution in [2.75, 3.05) is 4.90 Å². The molecule has 0 atom stereocenters. The normalized spacial score (nSPS) is 12.7. The first kappa shape index (κ1) is 34.7. The summed E-state index contributed by atoms with van der Waals surface area (Å²) in [5, 5.41) is 2.38. The molecular formula is C56H39FN2. The third-order valence-electron chi connectivity index (χ3n) is 12.4. The molecule has 10 aromatic rings. The topological polar surface area (TPSA) is 8.17 Å². The number of hydrogen-bond donors (Lipinski definition) is 0. The molecule has 9 aromatic carbocycles. The molecule has 0 N–H and O–H groups in total. The number of hydrogen-bond acceptors (Lipinski definition) is 1. The highest BCUT2D eigenvalue weighted by atomic mass is 19.1. The third-order valence-corrected chi connectivity index (χ3v) is 12.4. The molecule has 0 saturated heterocycles. The van der Waals surface area contributed by atoms with Gasteiger partial charge in [0.1, 0.15) is 5.82 Å². The number of rotatable bonds is 7. The molecule has 0 saturated carbocycles. The van der Waals surface area contributed by atoms with Gasteiger partial charge in [-0.25, -0.2) is 4.39 Å². The maximum absolute atomic E-state index is 13.9. The van der Waals surface area contributed by atoms with E-state index in [0.717, 1.165) is 44.9 Å². The largest absolute Gasteiger partial charge is 0.310 e. The molecule has 3 heteroatoms. The Morgan fingerprint density at radius 1 is 0.407 bits per heavy atom. The van der Waals surface area contributed by atoms with E-state index in [0.29, 0.717) is 0 Å². The highest BCUT2D eigenvalue weighted by Gasteiger charge is 2.40. The predicted molar refractivity (Wildman–Crippen MR) is 244 cm³/mol. The van der Waals surface area contributed by atoms with Crippen LogP contribution in [0.5, 0.6) is 0 Å². The second-order valence-corrected chi connectivity index (χ2v) is 15.6. The Morgan fingerprint density at radius 3 is 1.63 bits per heavy atom. The van der Waals surface area contributed by atoms with Crippen LogP contribution in [0.15, 0.2) is 218 Å². The summed E-state index contributed by atoms with van der Waals surface area (Å²) in [5.74, 6) is -0.237. The Kier molecular flexibility index (Phi) is 8.16. The summed E-state index contributed by atoms with van der Waals surface area (Å²) < 4.78 is 16.2. The number of para-hydroxylation sites is 1. The number of benzene rings is 9. The number of anilines is 3. The molecule has 0 amide bonds. The van der Waals surface area contributed by atoms with E-state index in [-0.39, 0.29) is 11.2 Å². The number of aromatic nitrogens is 1. The van der Waals surface area contributed by atoms with Crippen LogP contribution in [-0.4, -0.2) is 4.57 Å². The van der Waals surface area contributed by atoms with Crippen molar-refractivity contribution in [3.05, 3.63) is 241 Å². The molecule has 0 bridgehead atoms. The summed E-state index contributed by atoms with van der Waals surface area (Å²) in [4.78, 5) is 2.37. The quantitative estimate of drug-likeness (QED) is 0.157. The Hall–Kier alpha value is -7.49. The molecule has 280 valence electrons. The van der Waals surface area contributed by atoms with E-state index in [4.69, 9.17) is 0 Å². The lowest BCUT2D eigenvalue weighted by Crippen LogP contribution is -2.23. The van der Waals surface area contributed by atoms with Crippen LogP contribution in [0, 0.1) is 5.82 Å². The van der Waals surface area contributed by atoms with E-state index in [1.165, 1.54) is 61.8 Å². The Balaban J connectivity index is 1.07. The predicted octanol–water partition coefficient (Wildman–Crippen LogP) is 15.1. The molecule has 11 rings (SSSR count). The van der Waals surface area contributed by atoms with Crippen molar-refractivity contribution in [3.63, 3.8) is 0 Å². The fourth-order valence-corrected chi connectivity index (χ4v) is 9.42. The second kappa shape index (κ2) is 13.9. The lowest BCUT2D eigenvalue weighted by atomic mass is 9.74. The molecule has 1 aromatic heterocycles. The van der Waals surface area contributed by atoms with Gasteiger partial charge < -0.3 is 9.47 Å². The highest BCUT2D eigenvalue weighted by Crippen LogP contribution is 2.53. The van der Waals surface area contributed by atoms with Crippen molar-refractivity contribution in [2.45, 2.75) is 12.3 Å². The molecule has 1 aliphatic rings. The van der Waals surface area contributed by atoms with Crippen molar-refractivity contribution in [2.24, 2.45) is 0 Å². The number of fused-ring (bicyclic) bond motifs is 6. The first-order valence-corrected chi connectivity index (χ1v) is 20.2. The molecule has 0 aliphatic heterocycles. The van der Waals surface area contributed by atoms with Crippen LogP contribution in [0.4, 0.5) is 21.5 Å². The molecule has 59 heavy (non-hydrogen) atoms. The summed E-state index contributed by atoms with van der Waals surface area (Å²) in [7, 11) is 0. The van der Waals surface area contributed by atoms with Crippen LogP contribution in [-0.2, 0) is 5.41 Å². The van der Waals surface area contributed by atoms with Crippen molar-refractivity contribution in [1.82, 2.24) is 4.57 Å². The van der Waals surface area contributed by atoms with Crippen LogP contribution in [0.2, 0.25) is 0 Å². The van der Waals surface area contributed by atoms with Crippen LogP contribution < -0.4 is 4.90 Å². The standard InChI is InChI=1S/C56H39FN2/c1-56(52-19-8-5-16-48(52)49-17-6-9-20-53(49)56)42-14-11-15-46(36-42)58(44-30-24-41(25-31-44)39-22-28-43(57)29-23-39)47-34-35-55-51(37-47)50-18-7-10-21-54(50)59(55)45-32-26-40(27-33-45)38-12-3-2-4-13-38/h2-37H,1H3. The van der Waals surface area contributed by atoms with E-state index < -0.39 is 0 Å². The van der Waals surface area contributed by atoms with Crippen molar-refractivity contribution in [1.29, 1.82) is 0 Å². The van der Waals surface area contributed by atoms with Crippen LogP contribution in [0.25, 0.3) is 60.9 Å². The van der Waals surface area contributed by atoms with Crippen LogP contribution in [0.1, 0.15) is 23.6 Å². The van der Waals surface area contributed by atoms with Gasteiger partial charge in [-0.15, -0.1) is 0 Å². The minimum absolute atomic E-state index is 0.237. The zero-order valence-electron chi connectivity index (χ0n) is 32.6. The van der Waals surface area contributed by atoms with Gasteiger partial charge in [-0.2, -0.15) is 0 Å². The zero-order chi connectivity index (χ0) is 39.5. The average Bonchev–Trinajstić information content (AvgIpc) is 3.77. The third kappa shape index (κ3) is 5.69. The zero-order valence-corrected chi connectivity index (χ0v) is 32.6. The van der Waals surface area contributed by atoms with Crippen LogP contribution in [0.3, 0.4) is 0 Å². The van der Waals surface area contributed by atoms with Gasteiger partial charge in [-0.3, -0.25) is 0 Å². The van der Waals surface area contributed by atoms with Gasteiger partial charge in [-0.1, -0.05) is 146 Å². The van der Waals surface area contributed by atoms with Crippen molar-refractivity contribution >= 4 is 38.9 Å². The first-order chi connectivity index (χ1) is 29.0. The molecule has 1 heterocycles. The second-order valence-electron chi connectivity index (χ2n) is 15.6. The van der Waals surface area contributed by atoms with E-state index >= 15 is 0 Å². The van der Waals surface area contributed by atoms with Gasteiger partial charge in [0.25, 0.3) is 0 Å². The molecule has 1 aliphatic carbocycles. The first-order valence-electron chi connectivity index (χ1n) is 20.2. The van der Waals surface area contributed by atoms with E-state index in [2.05, 4.69) is 211 Å². The minimum Gasteiger partial charge on any atom is -0.310 e. The van der Waals surface area contributed by atoms with Crippen molar-refractivity contribution in [3.8, 4) is 39.1 Å². The smallest absolute Gasteiger partial charge is 0.123 e. The lowest BCUT2D eigenvalue weighted by molar-refractivity contribution is 0.628. The fraction of sp³-hybridized carbons (Fsp3) is 0.0357. The summed E-state index contributed by atoms with van der Waals surface area (Å²) >= 11 is 0. The number of halogens is 1. The number of nitrogens with zero attached hydrogens (tertiary/aromatic N) is 2.